The van der Waals surface area contributed by atoms with Crippen LogP contribution in [0.2, 0.25) is 0 Å². The summed E-state index contributed by atoms with van der Waals surface area (Å²) < 4.78 is 21.2. The Morgan fingerprint density at radius 1 is 1.23 bits per heavy atom. The third-order valence-electron chi connectivity index (χ3n) is 6.75. The van der Waals surface area contributed by atoms with E-state index in [1.165, 1.54) is 14.0 Å². The summed E-state index contributed by atoms with van der Waals surface area (Å²) in [5, 5.41) is 0. The highest BCUT2D eigenvalue weighted by Crippen LogP contribution is 2.63. The molecule has 0 aromatic heterocycles. The average Bonchev–Trinajstić information content (AvgIpc) is 3.04. The second-order valence-corrected chi connectivity index (χ2v) is 13.3. The summed E-state index contributed by atoms with van der Waals surface area (Å²) in [5.74, 6) is -3.63. The van der Waals surface area contributed by atoms with Crippen LogP contribution >= 0.6 is 45.2 Å². The lowest BCUT2D eigenvalue weighted by molar-refractivity contribution is -0.180. The van der Waals surface area contributed by atoms with Gasteiger partial charge in [-0.1, -0.05) is 45.2 Å². The Bertz CT molecular complexity index is 961. The largest absolute Gasteiger partial charge is 0.449 e. The van der Waals surface area contributed by atoms with E-state index < -0.39 is 36.8 Å². The second-order valence-electron chi connectivity index (χ2n) is 8.00. The van der Waals surface area contributed by atoms with Gasteiger partial charge in [0.05, 0.1) is 30.9 Å². The topological polar surface area (TPSA) is 137 Å². The van der Waals surface area contributed by atoms with Gasteiger partial charge in [-0.25, -0.2) is 4.79 Å². The van der Waals surface area contributed by atoms with Gasteiger partial charge >= 0.3 is 6.09 Å². The molecule has 5 rings (SSSR count). The number of allylic oxidation sites excluding steroid dienone is 1. The lowest BCUT2D eigenvalue weighted by Crippen LogP contribution is -2.62. The number of nitrogens with zero attached hydrogens (tertiary/aromatic N) is 2. The highest BCUT2D eigenvalue weighted by atomic mass is 127. The maximum absolute atomic E-state index is 13.9. The molecule has 5 aliphatic rings. The molecule has 4 heterocycles. The van der Waals surface area contributed by atoms with E-state index in [4.69, 9.17) is 24.7 Å². The summed E-state index contributed by atoms with van der Waals surface area (Å²) in [6.45, 7) is 1.81. The molecule has 0 aromatic rings. The minimum Gasteiger partial charge on any atom is -0.449 e. The van der Waals surface area contributed by atoms with Crippen LogP contribution in [-0.2, 0) is 33.3 Å². The SMILES string of the molecule is CO[C@@]12[C@H](COC(N)=O)C3=C(C(=O)C(I)(I)C4(OCCO4)C3=O)N1C[C@H]1[C@@H]2N1C(C)=O. The van der Waals surface area contributed by atoms with Crippen molar-refractivity contribution in [2.75, 3.05) is 33.5 Å². The molecule has 0 bridgehead atoms. The molecule has 4 aliphatic heterocycles. The molecule has 13 heteroatoms. The molecule has 3 fully saturated rings. The molecule has 11 nitrogen and oxygen atoms in total. The number of ether oxygens (including phenoxy) is 4. The normalized spacial score (nSPS) is 36.6. The number of rotatable bonds is 3. The third kappa shape index (κ3) is 2.44. The van der Waals surface area contributed by atoms with E-state index in [0.29, 0.717) is 6.54 Å². The number of halogens is 2. The van der Waals surface area contributed by atoms with Gasteiger partial charge in [0.25, 0.3) is 5.79 Å². The third-order valence-corrected chi connectivity index (χ3v) is 9.15. The molecule has 2 N–H and O–H groups in total. The summed E-state index contributed by atoms with van der Waals surface area (Å²) in [7, 11) is 1.45. The van der Waals surface area contributed by atoms with Crippen LogP contribution < -0.4 is 5.73 Å². The molecule has 2 amide bonds. The minimum absolute atomic E-state index is 0.132. The number of Topliss-reactive ketones (excluding diaryl/α,β-unsaturated/α-hetero) is 2. The number of nitrogens with two attached hydrogens (primary N) is 1. The van der Waals surface area contributed by atoms with Crippen LogP contribution in [0, 0.1) is 5.92 Å². The predicted molar refractivity (Wildman–Crippen MR) is 118 cm³/mol. The first-order valence-electron chi connectivity index (χ1n) is 9.59. The number of piperazine rings is 1. The quantitative estimate of drug-likeness (QED) is 0.246. The smallest absolute Gasteiger partial charge is 0.404 e. The number of hydrogen-bond donors (Lipinski definition) is 1. The van der Waals surface area contributed by atoms with Crippen LogP contribution in [-0.4, -0.2) is 91.9 Å². The molecular formula is C18H19I2N3O8. The molecule has 4 atom stereocenters. The van der Waals surface area contributed by atoms with Crippen LogP contribution in [0.3, 0.4) is 0 Å². The average molecular weight is 659 g/mol. The van der Waals surface area contributed by atoms with Crippen LogP contribution in [0.5, 0.6) is 0 Å². The molecule has 3 saturated heterocycles. The monoisotopic (exact) mass is 659 g/mol. The molecule has 0 unspecified atom stereocenters. The standard InChI is InChI=1S/C18H19I2N3O8/c1-7(24)23-9-5-22-11-10(8(6-29-15(21)27)16(22,28-2)12(9)23)13(25)18(30-3-4-31-18)17(19,20)14(11)26/h8-9,12H,3-6H2,1-2H3,(H2,21,27)/t8-,9+,12+,16-,23?/m1/s1. The maximum Gasteiger partial charge on any atom is 0.404 e. The van der Waals surface area contributed by atoms with Gasteiger partial charge in [-0.15, -0.1) is 0 Å². The van der Waals surface area contributed by atoms with Crippen molar-refractivity contribution in [1.82, 2.24) is 9.80 Å². The first kappa shape index (κ1) is 21.8. The predicted octanol–water partition coefficient (Wildman–Crippen LogP) is -0.316. The second kappa shape index (κ2) is 6.74. The zero-order valence-electron chi connectivity index (χ0n) is 16.6. The van der Waals surface area contributed by atoms with Crippen molar-refractivity contribution in [2.24, 2.45) is 11.7 Å². The van der Waals surface area contributed by atoms with Gasteiger partial charge in [-0.2, -0.15) is 0 Å². The van der Waals surface area contributed by atoms with Gasteiger partial charge in [-0.3, -0.25) is 14.4 Å². The van der Waals surface area contributed by atoms with E-state index in [-0.39, 0.29) is 48.8 Å². The van der Waals surface area contributed by atoms with Gasteiger partial charge in [0.2, 0.25) is 17.5 Å². The molecule has 0 aromatic carbocycles. The molecule has 31 heavy (non-hydrogen) atoms. The Morgan fingerprint density at radius 3 is 2.42 bits per heavy atom. The lowest BCUT2D eigenvalue weighted by atomic mass is 9.80. The van der Waals surface area contributed by atoms with Crippen LogP contribution in [0.4, 0.5) is 4.79 Å². The zero-order valence-corrected chi connectivity index (χ0v) is 20.9. The number of fused-ring (bicyclic) bond motifs is 4. The first-order valence-corrected chi connectivity index (χ1v) is 11.8. The zero-order chi connectivity index (χ0) is 22.5. The number of methoxy groups -OCH3 is 1. The van der Waals surface area contributed by atoms with E-state index >= 15 is 0 Å². The lowest BCUT2D eigenvalue weighted by Gasteiger charge is -2.42. The van der Waals surface area contributed by atoms with Crippen molar-refractivity contribution in [3.63, 3.8) is 0 Å². The minimum atomic E-state index is -1.78. The number of alkyl halides is 2. The van der Waals surface area contributed by atoms with Gasteiger partial charge in [0.1, 0.15) is 12.6 Å². The molecule has 1 spiro atoms. The van der Waals surface area contributed by atoms with Crippen LogP contribution in [0.1, 0.15) is 6.92 Å². The van der Waals surface area contributed by atoms with Gasteiger partial charge in [-0.05, 0) is 0 Å². The van der Waals surface area contributed by atoms with E-state index in [1.807, 2.05) is 45.2 Å². The van der Waals surface area contributed by atoms with E-state index in [0.717, 1.165) is 0 Å². The highest BCUT2D eigenvalue weighted by Gasteiger charge is 2.80. The van der Waals surface area contributed by atoms with Crippen molar-refractivity contribution < 1.29 is 38.1 Å². The van der Waals surface area contributed by atoms with Crippen molar-refractivity contribution in [3.8, 4) is 0 Å². The van der Waals surface area contributed by atoms with Crippen molar-refractivity contribution in [1.29, 1.82) is 0 Å². The molecule has 1 aliphatic carbocycles. The number of primary amides is 1. The summed E-state index contributed by atoms with van der Waals surface area (Å²) in [5.41, 5.74) is 4.30. The van der Waals surface area contributed by atoms with Crippen LogP contribution in [0.25, 0.3) is 0 Å². The van der Waals surface area contributed by atoms with E-state index in [9.17, 15) is 19.2 Å². The summed E-state index contributed by atoms with van der Waals surface area (Å²) in [6, 6.07) is -0.569. The van der Waals surface area contributed by atoms with Gasteiger partial charge < -0.3 is 34.5 Å². The Labute approximate surface area is 204 Å². The number of carbonyl (C=O) groups is 4. The van der Waals surface area contributed by atoms with Gasteiger partial charge in [0.15, 0.2) is 7.15 Å². The Morgan fingerprint density at radius 2 is 1.87 bits per heavy atom. The Balaban J connectivity index is 1.68. The summed E-state index contributed by atoms with van der Waals surface area (Å²) in [6.07, 6.45) is -1.02. The van der Waals surface area contributed by atoms with E-state index in [2.05, 4.69) is 0 Å². The van der Waals surface area contributed by atoms with E-state index in [1.54, 1.807) is 9.80 Å². The number of amides is 2. The highest BCUT2D eigenvalue weighted by molar-refractivity contribution is 14.2. The van der Waals surface area contributed by atoms with Crippen molar-refractivity contribution >= 4 is 68.7 Å². The fourth-order valence-corrected chi connectivity index (χ4v) is 7.26. The fraction of sp³-hybridized carbons (Fsp3) is 0.667. The Kier molecular flexibility index (Phi) is 4.74. The van der Waals surface area contributed by atoms with Gasteiger partial charge in [0, 0.05) is 26.2 Å². The summed E-state index contributed by atoms with van der Waals surface area (Å²) >= 11 is 3.80. The van der Waals surface area contributed by atoms with Crippen LogP contribution in [0.15, 0.2) is 11.3 Å². The summed E-state index contributed by atoms with van der Waals surface area (Å²) in [4.78, 5) is 54.6. The maximum atomic E-state index is 13.9. The van der Waals surface area contributed by atoms with Crippen molar-refractivity contribution in [3.05, 3.63) is 11.3 Å². The first-order chi connectivity index (χ1) is 14.6. The number of hydrogen-bond acceptors (Lipinski definition) is 9. The number of ketones is 2. The molecule has 168 valence electrons. The van der Waals surface area contributed by atoms with Crippen molar-refractivity contribution in [2.45, 2.75) is 31.9 Å². The Hall–Kier alpha value is -1.04. The number of carbonyl (C=O) groups excluding carboxylic acids is 4. The molecule has 0 radical (unpaired) electrons. The molecular weight excluding hydrogens is 640 g/mol. The fourth-order valence-electron chi connectivity index (χ4n) is 5.63. The molecule has 0 saturated carbocycles.